The number of halogens is 1. The van der Waals surface area contributed by atoms with E-state index in [4.69, 9.17) is 4.42 Å². The van der Waals surface area contributed by atoms with Gasteiger partial charge in [-0.1, -0.05) is 12.1 Å². The highest BCUT2D eigenvalue weighted by Gasteiger charge is 2.14. The molecule has 0 amide bonds. The van der Waals surface area contributed by atoms with Crippen molar-refractivity contribution < 1.29 is 9.34 Å². The summed E-state index contributed by atoms with van der Waals surface area (Å²) in [6.45, 7) is 0. The van der Waals surface area contributed by atoms with Crippen molar-refractivity contribution in [1.82, 2.24) is 5.32 Å². The summed E-state index contributed by atoms with van der Waals surface area (Å²) in [6.07, 6.45) is 0.703. The Morgan fingerprint density at radius 2 is 2.00 bits per heavy atom. The van der Waals surface area contributed by atoms with Crippen LogP contribution >= 0.6 is 15.9 Å². The Morgan fingerprint density at radius 1 is 1.32 bits per heavy atom. The summed E-state index contributed by atoms with van der Waals surface area (Å²) in [5.74, 6) is 0.827. The molecule has 6 heteroatoms. The van der Waals surface area contributed by atoms with Gasteiger partial charge in [0, 0.05) is 12.1 Å². The van der Waals surface area contributed by atoms with Crippen molar-refractivity contribution in [2.45, 2.75) is 12.5 Å². The maximum Gasteiger partial charge on any atom is 0.269 e. The van der Waals surface area contributed by atoms with Crippen molar-refractivity contribution in [2.24, 2.45) is 0 Å². The van der Waals surface area contributed by atoms with Crippen molar-refractivity contribution in [2.75, 3.05) is 7.05 Å². The standard InChI is InChI=1S/C13H13BrN2O3/c1-15-11(12-6-7-13(14)19-12)8-9-2-4-10(5-3-9)16(17)18/h2-7,11,15H,8H2,1H3. The van der Waals surface area contributed by atoms with Crippen LogP contribution in [0.3, 0.4) is 0 Å². The van der Waals surface area contributed by atoms with E-state index in [1.54, 1.807) is 12.1 Å². The van der Waals surface area contributed by atoms with Crippen LogP contribution in [0, 0.1) is 10.1 Å². The average molecular weight is 325 g/mol. The molecule has 100 valence electrons. The topological polar surface area (TPSA) is 68.3 Å². The van der Waals surface area contributed by atoms with Crippen molar-refractivity contribution in [1.29, 1.82) is 0 Å². The molecular weight excluding hydrogens is 312 g/mol. The first-order chi connectivity index (χ1) is 9.10. The van der Waals surface area contributed by atoms with Gasteiger partial charge in [0.15, 0.2) is 4.67 Å². The zero-order chi connectivity index (χ0) is 13.8. The highest BCUT2D eigenvalue weighted by atomic mass is 79.9. The molecule has 1 atom stereocenters. The van der Waals surface area contributed by atoms with Crippen LogP contribution in [0.1, 0.15) is 17.4 Å². The zero-order valence-electron chi connectivity index (χ0n) is 10.3. The molecule has 1 heterocycles. The molecule has 0 bridgehead atoms. The molecule has 0 aliphatic heterocycles. The molecule has 1 aromatic carbocycles. The van der Waals surface area contributed by atoms with E-state index in [2.05, 4.69) is 21.2 Å². The molecule has 0 fully saturated rings. The molecule has 1 N–H and O–H groups in total. The lowest BCUT2D eigenvalue weighted by Crippen LogP contribution is -2.18. The summed E-state index contributed by atoms with van der Waals surface area (Å²) in [6, 6.07) is 10.3. The Morgan fingerprint density at radius 3 is 2.47 bits per heavy atom. The summed E-state index contributed by atoms with van der Waals surface area (Å²) < 4.78 is 6.20. The smallest absolute Gasteiger partial charge is 0.269 e. The van der Waals surface area contributed by atoms with E-state index in [-0.39, 0.29) is 11.7 Å². The van der Waals surface area contributed by atoms with Gasteiger partial charge in [0.25, 0.3) is 5.69 Å². The molecule has 1 aromatic heterocycles. The lowest BCUT2D eigenvalue weighted by Gasteiger charge is -2.13. The Balaban J connectivity index is 2.12. The van der Waals surface area contributed by atoms with Crippen molar-refractivity contribution >= 4 is 21.6 Å². The molecule has 0 saturated heterocycles. The number of hydrogen-bond acceptors (Lipinski definition) is 4. The molecule has 5 nitrogen and oxygen atoms in total. The molecule has 19 heavy (non-hydrogen) atoms. The van der Waals surface area contributed by atoms with Crippen molar-refractivity contribution in [3.05, 3.63) is 62.5 Å². The van der Waals surface area contributed by atoms with Gasteiger partial charge in [-0.2, -0.15) is 0 Å². The van der Waals surface area contributed by atoms with E-state index in [9.17, 15) is 10.1 Å². The molecule has 2 rings (SSSR count). The van der Waals surface area contributed by atoms with Gasteiger partial charge in [0.2, 0.25) is 0 Å². The summed E-state index contributed by atoms with van der Waals surface area (Å²) >= 11 is 3.27. The molecule has 1 unspecified atom stereocenters. The second-order valence-electron chi connectivity index (χ2n) is 4.11. The second kappa shape index (κ2) is 5.99. The Labute approximate surface area is 118 Å². The lowest BCUT2D eigenvalue weighted by atomic mass is 10.0. The number of non-ortho nitro benzene ring substituents is 1. The average Bonchev–Trinajstić information content (AvgIpc) is 2.83. The maximum atomic E-state index is 10.6. The van der Waals surface area contributed by atoms with Crippen LogP contribution in [0.25, 0.3) is 0 Å². The third kappa shape index (κ3) is 3.42. The first-order valence-corrected chi connectivity index (χ1v) is 6.55. The van der Waals surface area contributed by atoms with Crippen LogP contribution in [-0.4, -0.2) is 12.0 Å². The van der Waals surface area contributed by atoms with Gasteiger partial charge in [-0.3, -0.25) is 10.1 Å². The van der Waals surface area contributed by atoms with Crippen LogP contribution in [0.5, 0.6) is 0 Å². The highest BCUT2D eigenvalue weighted by Crippen LogP contribution is 2.24. The number of nitrogens with one attached hydrogen (secondary N) is 1. The van der Waals surface area contributed by atoms with E-state index in [1.165, 1.54) is 12.1 Å². The minimum atomic E-state index is -0.400. The van der Waals surface area contributed by atoms with Gasteiger partial charge in [0.05, 0.1) is 11.0 Å². The Bertz CT molecular complexity index is 566. The number of rotatable bonds is 5. The number of furan rings is 1. The van der Waals surface area contributed by atoms with Crippen molar-refractivity contribution in [3.8, 4) is 0 Å². The number of hydrogen-bond donors (Lipinski definition) is 1. The summed E-state index contributed by atoms with van der Waals surface area (Å²) in [5.41, 5.74) is 1.11. The summed E-state index contributed by atoms with van der Waals surface area (Å²) in [4.78, 5) is 10.2. The third-order valence-electron chi connectivity index (χ3n) is 2.87. The van der Waals surface area contributed by atoms with Crippen LogP contribution < -0.4 is 5.32 Å². The van der Waals surface area contributed by atoms with Gasteiger partial charge in [-0.15, -0.1) is 0 Å². The fourth-order valence-corrected chi connectivity index (χ4v) is 2.17. The molecule has 0 spiro atoms. The minimum Gasteiger partial charge on any atom is -0.453 e. The maximum absolute atomic E-state index is 10.6. The van der Waals surface area contributed by atoms with Crippen LogP contribution in [-0.2, 0) is 6.42 Å². The van der Waals surface area contributed by atoms with E-state index in [1.807, 2.05) is 19.2 Å². The molecule has 0 radical (unpaired) electrons. The highest BCUT2D eigenvalue weighted by molar-refractivity contribution is 9.10. The monoisotopic (exact) mass is 324 g/mol. The van der Waals surface area contributed by atoms with E-state index < -0.39 is 4.92 Å². The number of nitro groups is 1. The normalized spacial score (nSPS) is 12.3. The van der Waals surface area contributed by atoms with Crippen molar-refractivity contribution in [3.63, 3.8) is 0 Å². The molecule has 0 aliphatic rings. The summed E-state index contributed by atoms with van der Waals surface area (Å²) in [7, 11) is 1.85. The second-order valence-corrected chi connectivity index (χ2v) is 4.89. The first-order valence-electron chi connectivity index (χ1n) is 5.76. The number of benzene rings is 1. The van der Waals surface area contributed by atoms with Crippen LogP contribution in [0.15, 0.2) is 45.5 Å². The van der Waals surface area contributed by atoms with Gasteiger partial charge in [-0.05, 0) is 47.1 Å². The van der Waals surface area contributed by atoms with E-state index >= 15 is 0 Å². The third-order valence-corrected chi connectivity index (χ3v) is 3.30. The van der Waals surface area contributed by atoms with Crippen LogP contribution in [0.4, 0.5) is 5.69 Å². The number of nitrogens with zero attached hydrogens (tertiary/aromatic N) is 1. The largest absolute Gasteiger partial charge is 0.453 e. The molecule has 2 aromatic rings. The predicted octanol–water partition coefficient (Wildman–Crippen LogP) is 3.45. The van der Waals surface area contributed by atoms with Gasteiger partial charge in [0.1, 0.15) is 5.76 Å². The SMILES string of the molecule is CNC(Cc1ccc([N+](=O)[O-])cc1)c1ccc(Br)o1. The van der Waals surface area contributed by atoms with Gasteiger partial charge >= 0.3 is 0 Å². The molecule has 0 aliphatic carbocycles. The van der Waals surface area contributed by atoms with Gasteiger partial charge in [-0.25, -0.2) is 0 Å². The molecule has 0 saturated carbocycles. The fraction of sp³-hybridized carbons (Fsp3) is 0.231. The quantitative estimate of drug-likeness (QED) is 0.675. The summed E-state index contributed by atoms with van der Waals surface area (Å²) in [5, 5.41) is 13.8. The minimum absolute atomic E-state index is 0.0350. The fourth-order valence-electron chi connectivity index (χ4n) is 1.85. The van der Waals surface area contributed by atoms with E-state index in [0.29, 0.717) is 11.1 Å². The number of likely N-dealkylation sites (N-methyl/N-ethyl adjacent to an activating group) is 1. The van der Waals surface area contributed by atoms with E-state index in [0.717, 1.165) is 11.3 Å². The zero-order valence-corrected chi connectivity index (χ0v) is 11.9. The van der Waals surface area contributed by atoms with Gasteiger partial charge < -0.3 is 9.73 Å². The molecular formula is C13H13BrN2O3. The Hall–Kier alpha value is -1.66. The predicted molar refractivity (Wildman–Crippen MR) is 75.0 cm³/mol. The lowest BCUT2D eigenvalue weighted by molar-refractivity contribution is -0.384. The number of nitro benzene ring substituents is 1. The Kier molecular flexibility index (Phi) is 4.34. The van der Waals surface area contributed by atoms with Crippen LogP contribution in [0.2, 0.25) is 0 Å². The first kappa shape index (κ1) is 13.8.